The van der Waals surface area contributed by atoms with Gasteiger partial charge in [0, 0.05) is 12.1 Å². The Morgan fingerprint density at radius 3 is 2.30 bits per heavy atom. The van der Waals surface area contributed by atoms with E-state index in [9.17, 15) is 9.59 Å². The standard InChI is InChI=1S/C19H21NO3/c1-23-19(22)16-11-13-17(14-12-16)20-18(21)10-6-5-9-15-7-3-2-4-8-15/h2-4,7-8,11-14H,5-6,9-10H2,1H3,(H,20,21). The van der Waals surface area contributed by atoms with Crippen LogP contribution in [-0.4, -0.2) is 19.0 Å². The summed E-state index contributed by atoms with van der Waals surface area (Å²) < 4.78 is 4.63. The molecule has 0 saturated heterocycles. The number of nitrogens with one attached hydrogen (secondary N) is 1. The van der Waals surface area contributed by atoms with Crippen LogP contribution in [-0.2, 0) is 16.0 Å². The van der Waals surface area contributed by atoms with Crippen LogP contribution in [0, 0.1) is 0 Å². The molecule has 4 nitrogen and oxygen atoms in total. The molecule has 23 heavy (non-hydrogen) atoms. The van der Waals surface area contributed by atoms with E-state index in [1.54, 1.807) is 24.3 Å². The molecule has 0 radical (unpaired) electrons. The van der Waals surface area contributed by atoms with Gasteiger partial charge >= 0.3 is 5.97 Å². The highest BCUT2D eigenvalue weighted by Gasteiger charge is 2.06. The van der Waals surface area contributed by atoms with Crippen LogP contribution in [0.1, 0.15) is 35.2 Å². The van der Waals surface area contributed by atoms with Gasteiger partial charge in [0.15, 0.2) is 0 Å². The summed E-state index contributed by atoms with van der Waals surface area (Å²) >= 11 is 0. The van der Waals surface area contributed by atoms with Crippen LogP contribution in [0.2, 0.25) is 0 Å². The first-order valence-electron chi connectivity index (χ1n) is 7.71. The van der Waals surface area contributed by atoms with E-state index < -0.39 is 0 Å². The number of hydrogen-bond acceptors (Lipinski definition) is 3. The molecule has 2 rings (SSSR count). The summed E-state index contributed by atoms with van der Waals surface area (Å²) in [6.07, 6.45) is 3.31. The summed E-state index contributed by atoms with van der Waals surface area (Å²) in [5, 5.41) is 2.83. The zero-order valence-corrected chi connectivity index (χ0v) is 13.2. The lowest BCUT2D eigenvalue weighted by Crippen LogP contribution is -2.11. The van der Waals surface area contributed by atoms with Crippen LogP contribution < -0.4 is 5.32 Å². The van der Waals surface area contributed by atoms with E-state index in [0.717, 1.165) is 19.3 Å². The second-order valence-electron chi connectivity index (χ2n) is 5.31. The van der Waals surface area contributed by atoms with Crippen molar-refractivity contribution in [1.29, 1.82) is 0 Å². The Labute approximate surface area is 136 Å². The molecular weight excluding hydrogens is 290 g/mol. The summed E-state index contributed by atoms with van der Waals surface area (Å²) in [4.78, 5) is 23.2. The normalized spacial score (nSPS) is 10.1. The van der Waals surface area contributed by atoms with Gasteiger partial charge in [0.2, 0.25) is 5.91 Å². The first kappa shape index (κ1) is 16.7. The fourth-order valence-electron chi connectivity index (χ4n) is 2.29. The zero-order valence-electron chi connectivity index (χ0n) is 13.2. The third-order valence-electron chi connectivity index (χ3n) is 3.55. The van der Waals surface area contributed by atoms with E-state index in [1.165, 1.54) is 12.7 Å². The molecule has 1 amide bonds. The number of amides is 1. The summed E-state index contributed by atoms with van der Waals surface area (Å²) in [5.74, 6) is -0.396. The van der Waals surface area contributed by atoms with Crippen molar-refractivity contribution in [3.8, 4) is 0 Å². The van der Waals surface area contributed by atoms with E-state index in [4.69, 9.17) is 0 Å². The summed E-state index contributed by atoms with van der Waals surface area (Å²) in [6, 6.07) is 16.9. The number of benzene rings is 2. The fraction of sp³-hybridized carbons (Fsp3) is 0.263. The average molecular weight is 311 g/mol. The predicted octanol–water partition coefficient (Wildman–Crippen LogP) is 3.82. The number of unbranched alkanes of at least 4 members (excludes halogenated alkanes) is 1. The van der Waals surface area contributed by atoms with Crippen molar-refractivity contribution in [3.63, 3.8) is 0 Å². The van der Waals surface area contributed by atoms with E-state index in [0.29, 0.717) is 17.7 Å². The molecule has 120 valence electrons. The highest BCUT2D eigenvalue weighted by molar-refractivity contribution is 5.92. The number of carbonyl (C=O) groups is 2. The maximum atomic E-state index is 11.9. The Bertz CT molecular complexity index is 635. The molecule has 2 aromatic carbocycles. The molecule has 0 aliphatic rings. The summed E-state index contributed by atoms with van der Waals surface area (Å²) in [6.45, 7) is 0. The number of hydrogen-bond donors (Lipinski definition) is 1. The number of rotatable bonds is 7. The summed E-state index contributed by atoms with van der Waals surface area (Å²) in [7, 11) is 1.34. The molecular formula is C19H21NO3. The maximum Gasteiger partial charge on any atom is 0.337 e. The van der Waals surface area contributed by atoms with E-state index >= 15 is 0 Å². The van der Waals surface area contributed by atoms with Crippen molar-refractivity contribution < 1.29 is 14.3 Å². The number of anilines is 1. The molecule has 2 aromatic rings. The quantitative estimate of drug-likeness (QED) is 0.624. The van der Waals surface area contributed by atoms with Gasteiger partial charge in [0.25, 0.3) is 0 Å². The molecule has 0 aromatic heterocycles. The van der Waals surface area contributed by atoms with Crippen molar-refractivity contribution in [2.75, 3.05) is 12.4 Å². The average Bonchev–Trinajstić information content (AvgIpc) is 2.59. The van der Waals surface area contributed by atoms with Crippen LogP contribution >= 0.6 is 0 Å². The molecule has 0 aliphatic heterocycles. The van der Waals surface area contributed by atoms with Crippen LogP contribution in [0.4, 0.5) is 5.69 Å². The second-order valence-corrected chi connectivity index (χ2v) is 5.31. The smallest absolute Gasteiger partial charge is 0.337 e. The van der Waals surface area contributed by atoms with Crippen LogP contribution in [0.25, 0.3) is 0 Å². The third-order valence-corrected chi connectivity index (χ3v) is 3.55. The third kappa shape index (κ3) is 5.58. The first-order chi connectivity index (χ1) is 11.2. The zero-order chi connectivity index (χ0) is 16.5. The number of esters is 1. The van der Waals surface area contributed by atoms with Crippen LogP contribution in [0.5, 0.6) is 0 Å². The largest absolute Gasteiger partial charge is 0.465 e. The lowest BCUT2D eigenvalue weighted by Gasteiger charge is -2.06. The molecule has 0 spiro atoms. The number of ether oxygens (including phenoxy) is 1. The summed E-state index contributed by atoms with van der Waals surface area (Å²) in [5.41, 5.74) is 2.45. The van der Waals surface area contributed by atoms with Gasteiger partial charge in [-0.2, -0.15) is 0 Å². The van der Waals surface area contributed by atoms with Crippen LogP contribution in [0.3, 0.4) is 0 Å². The van der Waals surface area contributed by atoms with Crippen molar-refractivity contribution in [2.45, 2.75) is 25.7 Å². The molecule has 0 heterocycles. The number of carbonyl (C=O) groups excluding carboxylic acids is 2. The van der Waals surface area contributed by atoms with Gasteiger partial charge in [-0.15, -0.1) is 0 Å². The topological polar surface area (TPSA) is 55.4 Å². The van der Waals surface area contributed by atoms with Gasteiger partial charge in [-0.05, 0) is 49.1 Å². The van der Waals surface area contributed by atoms with Crippen LogP contribution in [0.15, 0.2) is 54.6 Å². The maximum absolute atomic E-state index is 11.9. The minimum Gasteiger partial charge on any atom is -0.465 e. The molecule has 0 unspecified atom stereocenters. The molecule has 0 bridgehead atoms. The van der Waals surface area contributed by atoms with Crippen molar-refractivity contribution >= 4 is 17.6 Å². The van der Waals surface area contributed by atoms with Gasteiger partial charge in [0.1, 0.15) is 0 Å². The Morgan fingerprint density at radius 2 is 1.65 bits per heavy atom. The lowest BCUT2D eigenvalue weighted by molar-refractivity contribution is -0.116. The molecule has 1 N–H and O–H groups in total. The number of aryl methyl sites for hydroxylation is 1. The highest BCUT2D eigenvalue weighted by atomic mass is 16.5. The predicted molar refractivity (Wildman–Crippen MR) is 90.4 cm³/mol. The Balaban J connectivity index is 1.71. The van der Waals surface area contributed by atoms with Gasteiger partial charge in [0.05, 0.1) is 12.7 Å². The Hall–Kier alpha value is -2.62. The van der Waals surface area contributed by atoms with E-state index in [-0.39, 0.29) is 11.9 Å². The monoisotopic (exact) mass is 311 g/mol. The Morgan fingerprint density at radius 1 is 0.957 bits per heavy atom. The van der Waals surface area contributed by atoms with Gasteiger partial charge in [-0.1, -0.05) is 30.3 Å². The van der Waals surface area contributed by atoms with Gasteiger partial charge in [-0.25, -0.2) is 4.79 Å². The van der Waals surface area contributed by atoms with Gasteiger partial charge < -0.3 is 10.1 Å². The first-order valence-corrected chi connectivity index (χ1v) is 7.71. The molecule has 4 heteroatoms. The number of methoxy groups -OCH3 is 1. The highest BCUT2D eigenvalue weighted by Crippen LogP contribution is 2.12. The Kier molecular flexibility index (Phi) is 6.36. The second kappa shape index (κ2) is 8.73. The lowest BCUT2D eigenvalue weighted by atomic mass is 10.1. The van der Waals surface area contributed by atoms with Crippen molar-refractivity contribution in [2.24, 2.45) is 0 Å². The van der Waals surface area contributed by atoms with E-state index in [2.05, 4.69) is 22.2 Å². The minimum absolute atomic E-state index is 0.0103. The minimum atomic E-state index is -0.385. The molecule has 0 fully saturated rings. The van der Waals surface area contributed by atoms with Gasteiger partial charge in [-0.3, -0.25) is 4.79 Å². The van der Waals surface area contributed by atoms with Crippen molar-refractivity contribution in [1.82, 2.24) is 0 Å². The molecule has 0 aliphatic carbocycles. The van der Waals surface area contributed by atoms with Crippen molar-refractivity contribution in [3.05, 3.63) is 65.7 Å². The fourth-order valence-corrected chi connectivity index (χ4v) is 2.29. The molecule has 0 saturated carbocycles. The van der Waals surface area contributed by atoms with E-state index in [1.807, 2.05) is 18.2 Å². The SMILES string of the molecule is COC(=O)c1ccc(NC(=O)CCCCc2ccccc2)cc1. The molecule has 0 atom stereocenters.